The number of esters is 1. The Balaban J connectivity index is 3.43. The molecule has 1 aromatic carbocycles. The summed E-state index contributed by atoms with van der Waals surface area (Å²) in [7, 11) is -3.60. The van der Waals surface area contributed by atoms with Gasteiger partial charge in [-0.05, 0) is 11.5 Å². The Labute approximate surface area is 132 Å². The number of rotatable bonds is 5. The number of nitrogens with one attached hydrogen (secondary N) is 1. The number of carbonyl (C=O) groups is 1. The van der Waals surface area contributed by atoms with Crippen LogP contribution in [0.15, 0.2) is 23.1 Å². The lowest BCUT2D eigenvalue weighted by molar-refractivity contribution is -0.388. The lowest BCUT2D eigenvalue weighted by Gasteiger charge is -2.28. The van der Waals surface area contributed by atoms with Crippen LogP contribution in [-0.2, 0) is 19.6 Å². The fourth-order valence-electron chi connectivity index (χ4n) is 1.82. The van der Waals surface area contributed by atoms with Crippen molar-refractivity contribution in [1.29, 1.82) is 0 Å². The molecule has 0 radical (unpaired) electrons. The predicted molar refractivity (Wildman–Crippen MR) is 78.6 cm³/mol. The van der Waals surface area contributed by atoms with Crippen molar-refractivity contribution in [3.8, 4) is 0 Å². The fraction of sp³-hybridized carbons (Fsp3) is 0.462. The first-order valence-electron chi connectivity index (χ1n) is 6.45. The molecule has 128 valence electrons. The maximum absolute atomic E-state index is 13.9. The smallest absolute Gasteiger partial charge is 0.324 e. The molecule has 1 N–H and O–H groups in total. The van der Waals surface area contributed by atoms with E-state index in [0.717, 1.165) is 25.3 Å². The summed E-state index contributed by atoms with van der Waals surface area (Å²) in [5.41, 5.74) is -1.82. The molecule has 1 rings (SSSR count). The van der Waals surface area contributed by atoms with Gasteiger partial charge in [0.25, 0.3) is 15.7 Å². The van der Waals surface area contributed by atoms with Crippen molar-refractivity contribution in [1.82, 2.24) is 4.72 Å². The second-order valence-corrected chi connectivity index (χ2v) is 7.44. The minimum atomic E-state index is -4.67. The molecule has 0 aliphatic heterocycles. The third-order valence-electron chi connectivity index (χ3n) is 2.99. The number of nitro benzene ring substituents is 1. The number of halogens is 1. The van der Waals surface area contributed by atoms with E-state index in [0.29, 0.717) is 0 Å². The average Bonchev–Trinajstić information content (AvgIpc) is 2.42. The Morgan fingerprint density at radius 3 is 2.39 bits per heavy atom. The summed E-state index contributed by atoms with van der Waals surface area (Å²) in [6, 6.07) is 1.32. The number of methoxy groups -OCH3 is 1. The van der Waals surface area contributed by atoms with Gasteiger partial charge in [-0.1, -0.05) is 26.8 Å². The van der Waals surface area contributed by atoms with Crippen LogP contribution in [0.3, 0.4) is 0 Å². The van der Waals surface area contributed by atoms with E-state index in [1.165, 1.54) is 0 Å². The molecule has 0 aromatic heterocycles. The minimum Gasteiger partial charge on any atom is -0.468 e. The van der Waals surface area contributed by atoms with Crippen molar-refractivity contribution in [3.05, 3.63) is 34.1 Å². The SMILES string of the molecule is COC(=O)[C@H](NS(=O)(=O)c1c(F)cccc1[N+](=O)[O-])C(C)(C)C. The van der Waals surface area contributed by atoms with E-state index in [1.807, 2.05) is 4.72 Å². The fourth-order valence-corrected chi connectivity index (χ4v) is 3.44. The number of hydrogen-bond acceptors (Lipinski definition) is 6. The van der Waals surface area contributed by atoms with Crippen LogP contribution < -0.4 is 4.72 Å². The average molecular weight is 348 g/mol. The topological polar surface area (TPSA) is 116 Å². The van der Waals surface area contributed by atoms with Gasteiger partial charge in [0.15, 0.2) is 4.90 Å². The molecule has 0 unspecified atom stereocenters. The van der Waals surface area contributed by atoms with Crippen LogP contribution in [0.1, 0.15) is 20.8 Å². The van der Waals surface area contributed by atoms with Gasteiger partial charge < -0.3 is 4.74 Å². The van der Waals surface area contributed by atoms with Crippen LogP contribution in [0.5, 0.6) is 0 Å². The van der Waals surface area contributed by atoms with Gasteiger partial charge >= 0.3 is 5.97 Å². The molecular weight excluding hydrogens is 331 g/mol. The van der Waals surface area contributed by atoms with Crippen LogP contribution in [0.25, 0.3) is 0 Å². The lowest BCUT2D eigenvalue weighted by Crippen LogP contribution is -2.49. The standard InChI is InChI=1S/C13H17FN2O6S/c1-13(2,3)11(12(17)22-4)15-23(20,21)10-8(14)6-5-7-9(10)16(18)19/h5-7,11,15H,1-4H3/t11-/m0/s1. The highest BCUT2D eigenvalue weighted by atomic mass is 32.2. The zero-order valence-corrected chi connectivity index (χ0v) is 13.8. The second-order valence-electron chi connectivity index (χ2n) is 5.79. The Kier molecular flexibility index (Phi) is 5.43. The van der Waals surface area contributed by atoms with Crippen LogP contribution in [0.4, 0.5) is 10.1 Å². The first kappa shape index (κ1) is 19.0. The quantitative estimate of drug-likeness (QED) is 0.491. The summed E-state index contributed by atoms with van der Waals surface area (Å²) in [4.78, 5) is 20.6. The molecular formula is C13H17FN2O6S. The van der Waals surface area contributed by atoms with Gasteiger partial charge in [-0.15, -0.1) is 0 Å². The van der Waals surface area contributed by atoms with Crippen LogP contribution >= 0.6 is 0 Å². The number of benzene rings is 1. The van der Waals surface area contributed by atoms with Gasteiger partial charge in [0.2, 0.25) is 0 Å². The molecule has 0 bridgehead atoms. The molecule has 0 spiro atoms. The number of sulfonamides is 1. The maximum Gasteiger partial charge on any atom is 0.324 e. The van der Waals surface area contributed by atoms with Crippen molar-refractivity contribution in [3.63, 3.8) is 0 Å². The Morgan fingerprint density at radius 1 is 1.39 bits per heavy atom. The van der Waals surface area contributed by atoms with Gasteiger partial charge in [0.1, 0.15) is 11.9 Å². The lowest BCUT2D eigenvalue weighted by atomic mass is 9.87. The van der Waals surface area contributed by atoms with Crippen molar-refractivity contribution in [2.75, 3.05) is 7.11 Å². The first-order chi connectivity index (χ1) is 10.4. The van der Waals surface area contributed by atoms with Crippen molar-refractivity contribution >= 4 is 21.7 Å². The van der Waals surface area contributed by atoms with Crippen molar-refractivity contribution in [2.45, 2.75) is 31.7 Å². The monoisotopic (exact) mass is 348 g/mol. The highest BCUT2D eigenvalue weighted by Crippen LogP contribution is 2.28. The zero-order valence-electron chi connectivity index (χ0n) is 13.0. The normalized spacial score (nSPS) is 13.4. The minimum absolute atomic E-state index is 0.784. The van der Waals surface area contributed by atoms with Gasteiger partial charge in [0.05, 0.1) is 12.0 Å². The molecule has 8 nitrogen and oxygen atoms in total. The number of hydrogen-bond donors (Lipinski definition) is 1. The predicted octanol–water partition coefficient (Wildman–Crippen LogP) is 1.60. The van der Waals surface area contributed by atoms with Gasteiger partial charge in [-0.2, -0.15) is 4.72 Å². The summed E-state index contributed by atoms with van der Waals surface area (Å²) >= 11 is 0. The van der Waals surface area contributed by atoms with E-state index in [9.17, 15) is 27.7 Å². The van der Waals surface area contributed by atoms with Gasteiger partial charge in [-0.3, -0.25) is 14.9 Å². The van der Waals surface area contributed by atoms with Crippen molar-refractivity contribution in [2.24, 2.45) is 5.41 Å². The summed E-state index contributed by atoms with van der Waals surface area (Å²) in [6.45, 7) is 4.69. The summed E-state index contributed by atoms with van der Waals surface area (Å²) in [6.07, 6.45) is 0. The maximum atomic E-state index is 13.9. The number of nitro groups is 1. The summed E-state index contributed by atoms with van der Waals surface area (Å²) in [5, 5.41) is 10.9. The van der Waals surface area contributed by atoms with E-state index < -0.39 is 48.8 Å². The summed E-state index contributed by atoms with van der Waals surface area (Å²) in [5.74, 6) is -2.18. The second kappa shape index (κ2) is 6.59. The molecule has 0 saturated heterocycles. The molecule has 0 amide bonds. The van der Waals surface area contributed by atoms with E-state index >= 15 is 0 Å². The highest BCUT2D eigenvalue weighted by molar-refractivity contribution is 7.89. The van der Waals surface area contributed by atoms with Gasteiger partial charge in [-0.25, -0.2) is 12.8 Å². The van der Waals surface area contributed by atoms with Crippen LogP contribution in [0.2, 0.25) is 0 Å². The third kappa shape index (κ3) is 4.23. The number of ether oxygens (including phenoxy) is 1. The molecule has 23 heavy (non-hydrogen) atoms. The molecule has 0 aliphatic carbocycles. The number of nitrogens with zero attached hydrogens (tertiary/aromatic N) is 1. The largest absolute Gasteiger partial charge is 0.468 e. The number of carbonyl (C=O) groups excluding carboxylic acids is 1. The van der Waals surface area contributed by atoms with Crippen molar-refractivity contribution < 1.29 is 27.3 Å². The van der Waals surface area contributed by atoms with E-state index in [1.54, 1.807) is 20.8 Å². The van der Waals surface area contributed by atoms with Crippen LogP contribution in [0, 0.1) is 21.3 Å². The van der Waals surface area contributed by atoms with Gasteiger partial charge in [0, 0.05) is 6.07 Å². The Bertz CT molecular complexity index is 726. The van der Waals surface area contributed by atoms with E-state index in [4.69, 9.17) is 0 Å². The third-order valence-corrected chi connectivity index (χ3v) is 4.48. The van der Waals surface area contributed by atoms with Crippen LogP contribution in [-0.4, -0.2) is 32.5 Å². The molecule has 10 heteroatoms. The van der Waals surface area contributed by atoms with E-state index in [-0.39, 0.29) is 0 Å². The molecule has 1 aromatic rings. The molecule has 0 fully saturated rings. The highest BCUT2D eigenvalue weighted by Gasteiger charge is 2.39. The molecule has 0 aliphatic rings. The Hall–Kier alpha value is -2.07. The van der Waals surface area contributed by atoms with E-state index in [2.05, 4.69) is 4.74 Å². The first-order valence-corrected chi connectivity index (χ1v) is 7.93. The zero-order chi connectivity index (χ0) is 18.0. The molecule has 0 heterocycles. The Morgan fingerprint density at radius 2 is 1.96 bits per heavy atom. The molecule has 0 saturated carbocycles. The molecule has 1 atom stereocenters. The summed E-state index contributed by atoms with van der Waals surface area (Å²) < 4.78 is 45.2.